The van der Waals surface area contributed by atoms with E-state index in [2.05, 4.69) is 0 Å². The fraction of sp³-hybridized carbons (Fsp3) is 0.600. The van der Waals surface area contributed by atoms with Crippen LogP contribution in [0.3, 0.4) is 0 Å². The van der Waals surface area contributed by atoms with Gasteiger partial charge in [-0.1, -0.05) is 19.9 Å². The molecule has 0 radical (unpaired) electrons. The minimum absolute atomic E-state index is 0.116. The molecule has 4 nitrogen and oxygen atoms in total. The summed E-state index contributed by atoms with van der Waals surface area (Å²) in [6.45, 7) is 8.22. The van der Waals surface area contributed by atoms with E-state index < -0.39 is 10.0 Å². The number of hydrogen-bond donors (Lipinski definition) is 0. The lowest BCUT2D eigenvalue weighted by Crippen LogP contribution is -2.39. The molecule has 0 aliphatic heterocycles. The third-order valence-corrected chi connectivity index (χ3v) is 5.48. The van der Waals surface area contributed by atoms with E-state index >= 15 is 0 Å². The standard InChI is InChI=1S/C15H24ClNO3S/c1-11(2)10-17(12(3)4)21(18,19)15-7-6-13(9-16)8-14(15)20-5/h6-8,11-12H,9-10H2,1-5H3. The summed E-state index contributed by atoms with van der Waals surface area (Å²) in [7, 11) is -2.13. The fourth-order valence-electron chi connectivity index (χ4n) is 2.08. The van der Waals surface area contributed by atoms with E-state index in [-0.39, 0.29) is 16.9 Å². The van der Waals surface area contributed by atoms with Crippen LogP contribution in [-0.2, 0) is 15.9 Å². The molecule has 0 fully saturated rings. The van der Waals surface area contributed by atoms with Crippen molar-refractivity contribution in [1.29, 1.82) is 0 Å². The Hall–Kier alpha value is -0.780. The van der Waals surface area contributed by atoms with Gasteiger partial charge in [-0.05, 0) is 37.5 Å². The van der Waals surface area contributed by atoms with Gasteiger partial charge < -0.3 is 4.74 Å². The van der Waals surface area contributed by atoms with E-state index in [4.69, 9.17) is 16.3 Å². The zero-order valence-electron chi connectivity index (χ0n) is 13.3. The summed E-state index contributed by atoms with van der Waals surface area (Å²) in [5.74, 6) is 0.897. The van der Waals surface area contributed by atoms with Crippen LogP contribution in [0.4, 0.5) is 0 Å². The van der Waals surface area contributed by atoms with Crippen LogP contribution in [0.5, 0.6) is 5.75 Å². The maximum atomic E-state index is 12.9. The van der Waals surface area contributed by atoms with Gasteiger partial charge in [-0.15, -0.1) is 11.6 Å². The zero-order valence-corrected chi connectivity index (χ0v) is 14.8. The second-order valence-electron chi connectivity index (χ2n) is 5.68. The van der Waals surface area contributed by atoms with Gasteiger partial charge in [0.2, 0.25) is 10.0 Å². The second-order valence-corrected chi connectivity index (χ2v) is 7.81. The van der Waals surface area contributed by atoms with Crippen LogP contribution in [0.15, 0.2) is 23.1 Å². The number of nitrogens with zero attached hydrogens (tertiary/aromatic N) is 1. The van der Waals surface area contributed by atoms with Crippen molar-refractivity contribution in [3.63, 3.8) is 0 Å². The molecule has 6 heteroatoms. The van der Waals surface area contributed by atoms with E-state index in [1.54, 1.807) is 18.2 Å². The van der Waals surface area contributed by atoms with Crippen LogP contribution in [0, 0.1) is 5.92 Å². The van der Waals surface area contributed by atoms with E-state index in [0.29, 0.717) is 18.2 Å². The first-order chi connectivity index (χ1) is 9.73. The average molecular weight is 334 g/mol. The molecule has 21 heavy (non-hydrogen) atoms. The number of sulfonamides is 1. The largest absolute Gasteiger partial charge is 0.495 e. The predicted molar refractivity (Wildman–Crippen MR) is 86.4 cm³/mol. The fourth-order valence-corrected chi connectivity index (χ4v) is 4.19. The molecular weight excluding hydrogens is 310 g/mol. The number of methoxy groups -OCH3 is 1. The van der Waals surface area contributed by atoms with Crippen molar-refractivity contribution in [3.8, 4) is 5.75 Å². The van der Waals surface area contributed by atoms with Crippen molar-refractivity contribution in [3.05, 3.63) is 23.8 Å². The molecule has 1 aromatic carbocycles. The summed E-state index contributed by atoms with van der Waals surface area (Å²) in [6.07, 6.45) is 0. The van der Waals surface area contributed by atoms with Crippen molar-refractivity contribution in [2.75, 3.05) is 13.7 Å². The summed E-state index contributed by atoms with van der Waals surface area (Å²) < 4.78 is 32.6. The van der Waals surface area contributed by atoms with Gasteiger partial charge in [0.25, 0.3) is 0 Å². The maximum absolute atomic E-state index is 12.9. The Kier molecular flexibility index (Phi) is 6.50. The van der Waals surface area contributed by atoms with Gasteiger partial charge in [0.05, 0.1) is 7.11 Å². The Morgan fingerprint density at radius 1 is 1.24 bits per heavy atom. The molecule has 0 amide bonds. The highest BCUT2D eigenvalue weighted by atomic mass is 35.5. The van der Waals surface area contributed by atoms with E-state index in [1.165, 1.54) is 11.4 Å². The van der Waals surface area contributed by atoms with Crippen molar-refractivity contribution >= 4 is 21.6 Å². The van der Waals surface area contributed by atoms with Crippen molar-refractivity contribution < 1.29 is 13.2 Å². The Balaban J connectivity index is 3.34. The minimum Gasteiger partial charge on any atom is -0.495 e. The van der Waals surface area contributed by atoms with E-state index in [9.17, 15) is 8.42 Å². The van der Waals surface area contributed by atoms with Crippen LogP contribution in [-0.4, -0.2) is 32.4 Å². The molecule has 0 saturated carbocycles. The lowest BCUT2D eigenvalue weighted by Gasteiger charge is -2.28. The molecule has 0 aromatic heterocycles. The van der Waals surface area contributed by atoms with Crippen molar-refractivity contribution in [1.82, 2.24) is 4.31 Å². The molecule has 0 unspecified atom stereocenters. The van der Waals surface area contributed by atoms with Crippen LogP contribution in [0.2, 0.25) is 0 Å². The Bertz CT molecular complexity index is 570. The molecule has 0 saturated heterocycles. The summed E-state index contributed by atoms with van der Waals surface area (Å²) in [5, 5.41) is 0. The number of ether oxygens (including phenoxy) is 1. The van der Waals surface area contributed by atoms with Crippen LogP contribution >= 0.6 is 11.6 Å². The average Bonchev–Trinajstić information content (AvgIpc) is 2.43. The van der Waals surface area contributed by atoms with Gasteiger partial charge in [0.15, 0.2) is 0 Å². The number of halogens is 1. The molecule has 0 N–H and O–H groups in total. The normalized spacial score (nSPS) is 12.4. The number of hydrogen-bond acceptors (Lipinski definition) is 3. The SMILES string of the molecule is COc1cc(CCl)ccc1S(=O)(=O)N(CC(C)C)C(C)C. The molecule has 1 aromatic rings. The molecule has 0 aliphatic rings. The topological polar surface area (TPSA) is 46.6 Å². The summed E-state index contributed by atoms with van der Waals surface area (Å²) in [4.78, 5) is 0.188. The lowest BCUT2D eigenvalue weighted by molar-refractivity contribution is 0.316. The Morgan fingerprint density at radius 3 is 2.29 bits per heavy atom. The third-order valence-electron chi connectivity index (χ3n) is 3.09. The molecule has 0 heterocycles. The number of alkyl halides is 1. The first kappa shape index (κ1) is 18.3. The van der Waals surface area contributed by atoms with Crippen LogP contribution < -0.4 is 4.74 Å². The Labute approximate surface area is 133 Å². The number of benzene rings is 1. The van der Waals surface area contributed by atoms with Gasteiger partial charge in [-0.25, -0.2) is 8.42 Å². The first-order valence-corrected chi connectivity index (χ1v) is 8.96. The monoisotopic (exact) mass is 333 g/mol. The smallest absolute Gasteiger partial charge is 0.246 e. The molecule has 0 bridgehead atoms. The van der Waals surface area contributed by atoms with Crippen LogP contribution in [0.25, 0.3) is 0 Å². The minimum atomic E-state index is -3.60. The molecule has 0 aliphatic carbocycles. The van der Waals surface area contributed by atoms with Gasteiger partial charge in [-0.3, -0.25) is 0 Å². The first-order valence-electron chi connectivity index (χ1n) is 6.98. The highest BCUT2D eigenvalue weighted by Crippen LogP contribution is 2.29. The van der Waals surface area contributed by atoms with Gasteiger partial charge in [0, 0.05) is 18.5 Å². The molecule has 0 atom stereocenters. The summed E-state index contributed by atoms with van der Waals surface area (Å²) in [6, 6.07) is 4.85. The predicted octanol–water partition coefficient (Wildman–Crippen LogP) is 3.49. The van der Waals surface area contributed by atoms with Crippen molar-refractivity contribution in [2.24, 2.45) is 5.92 Å². The van der Waals surface area contributed by atoms with Crippen molar-refractivity contribution in [2.45, 2.75) is 44.5 Å². The van der Waals surface area contributed by atoms with E-state index in [0.717, 1.165) is 5.56 Å². The second kappa shape index (κ2) is 7.47. The maximum Gasteiger partial charge on any atom is 0.246 e. The third kappa shape index (κ3) is 4.34. The molecular formula is C15H24ClNO3S. The molecule has 1 rings (SSSR count). The summed E-state index contributed by atoms with van der Waals surface area (Å²) >= 11 is 5.79. The van der Waals surface area contributed by atoms with E-state index in [1.807, 2.05) is 27.7 Å². The Morgan fingerprint density at radius 2 is 1.86 bits per heavy atom. The molecule has 0 spiro atoms. The highest BCUT2D eigenvalue weighted by molar-refractivity contribution is 7.89. The van der Waals surface area contributed by atoms with Gasteiger partial charge in [0.1, 0.15) is 10.6 Å². The lowest BCUT2D eigenvalue weighted by atomic mass is 10.2. The zero-order chi connectivity index (χ0) is 16.2. The number of rotatable bonds is 7. The summed E-state index contributed by atoms with van der Waals surface area (Å²) in [5.41, 5.74) is 0.826. The quantitative estimate of drug-likeness (QED) is 0.717. The van der Waals surface area contributed by atoms with Gasteiger partial charge >= 0.3 is 0 Å². The molecule has 120 valence electrons. The van der Waals surface area contributed by atoms with Gasteiger partial charge in [-0.2, -0.15) is 4.31 Å². The highest BCUT2D eigenvalue weighted by Gasteiger charge is 2.30. The van der Waals surface area contributed by atoms with Crippen LogP contribution in [0.1, 0.15) is 33.3 Å².